The van der Waals surface area contributed by atoms with Crippen molar-refractivity contribution in [3.05, 3.63) is 47.9 Å². The van der Waals surface area contributed by atoms with E-state index < -0.39 is 0 Å². The molecule has 20 heavy (non-hydrogen) atoms. The molecule has 0 unspecified atom stereocenters. The van der Waals surface area contributed by atoms with E-state index in [9.17, 15) is 0 Å². The molecule has 0 aliphatic rings. The number of fused-ring (bicyclic) bond motifs is 1. The van der Waals surface area contributed by atoms with E-state index in [1.807, 2.05) is 13.2 Å². The second-order valence-electron chi connectivity index (χ2n) is 4.94. The van der Waals surface area contributed by atoms with Crippen LogP contribution in [-0.2, 0) is 20.1 Å². The molecule has 0 atom stereocenters. The summed E-state index contributed by atoms with van der Waals surface area (Å²) in [6, 6.07) is 10.7. The highest BCUT2D eigenvalue weighted by atomic mass is 15.4. The van der Waals surface area contributed by atoms with E-state index in [1.165, 1.54) is 16.6 Å². The summed E-state index contributed by atoms with van der Waals surface area (Å²) < 4.78 is 4.05. The van der Waals surface area contributed by atoms with Crippen molar-refractivity contribution in [2.75, 3.05) is 6.54 Å². The zero-order chi connectivity index (χ0) is 13.9. The average molecular weight is 269 g/mol. The third kappa shape index (κ3) is 2.44. The van der Waals surface area contributed by atoms with Crippen molar-refractivity contribution in [1.29, 1.82) is 0 Å². The first-order valence-corrected chi connectivity index (χ1v) is 6.91. The first-order valence-electron chi connectivity index (χ1n) is 6.91. The van der Waals surface area contributed by atoms with E-state index in [-0.39, 0.29) is 0 Å². The molecule has 3 rings (SSSR count). The van der Waals surface area contributed by atoms with Gasteiger partial charge in [-0.05, 0) is 24.1 Å². The van der Waals surface area contributed by atoms with Gasteiger partial charge in [-0.15, -0.1) is 5.10 Å². The normalized spacial score (nSPS) is 11.3. The van der Waals surface area contributed by atoms with Crippen LogP contribution in [0.2, 0.25) is 0 Å². The first kappa shape index (κ1) is 12.9. The Morgan fingerprint density at radius 2 is 2.10 bits per heavy atom. The molecule has 0 aliphatic carbocycles. The lowest BCUT2D eigenvalue weighted by Crippen LogP contribution is -2.15. The van der Waals surface area contributed by atoms with Gasteiger partial charge in [0.1, 0.15) is 5.69 Å². The van der Waals surface area contributed by atoms with Crippen molar-refractivity contribution in [2.24, 2.45) is 7.05 Å². The van der Waals surface area contributed by atoms with Crippen LogP contribution in [0.25, 0.3) is 10.9 Å². The second kappa shape index (κ2) is 5.46. The Morgan fingerprint density at radius 3 is 2.85 bits per heavy atom. The summed E-state index contributed by atoms with van der Waals surface area (Å²) in [7, 11) is 1.89. The van der Waals surface area contributed by atoms with E-state index in [4.69, 9.17) is 0 Å². The van der Waals surface area contributed by atoms with Crippen molar-refractivity contribution in [3.63, 3.8) is 0 Å². The molecule has 0 saturated carbocycles. The lowest BCUT2D eigenvalue weighted by molar-refractivity contribution is 0.660. The van der Waals surface area contributed by atoms with Gasteiger partial charge in [-0.25, -0.2) is 0 Å². The summed E-state index contributed by atoms with van der Waals surface area (Å²) in [4.78, 5) is 0. The SMILES string of the molecule is CCNCc1cc2ccccc2n1Cc1cn(C)nn1. The van der Waals surface area contributed by atoms with Crippen molar-refractivity contribution < 1.29 is 0 Å². The number of nitrogens with zero attached hydrogens (tertiary/aromatic N) is 4. The van der Waals surface area contributed by atoms with E-state index >= 15 is 0 Å². The van der Waals surface area contributed by atoms with Crippen LogP contribution in [-0.4, -0.2) is 26.1 Å². The number of rotatable bonds is 5. The third-order valence-electron chi connectivity index (χ3n) is 3.42. The van der Waals surface area contributed by atoms with Gasteiger partial charge in [-0.2, -0.15) is 0 Å². The molecule has 5 nitrogen and oxygen atoms in total. The standard InChI is InChI=1S/C15H19N5/c1-3-16-9-14-8-12-6-4-5-7-15(12)20(14)11-13-10-19(2)18-17-13/h4-8,10,16H,3,9,11H2,1-2H3. The van der Waals surface area contributed by atoms with Crippen LogP contribution in [0.1, 0.15) is 18.3 Å². The highest BCUT2D eigenvalue weighted by molar-refractivity contribution is 5.81. The van der Waals surface area contributed by atoms with Gasteiger partial charge in [0.2, 0.25) is 0 Å². The van der Waals surface area contributed by atoms with Crippen LogP contribution in [0.3, 0.4) is 0 Å². The average Bonchev–Trinajstić information content (AvgIpc) is 3.02. The number of benzene rings is 1. The zero-order valence-electron chi connectivity index (χ0n) is 11.9. The Hall–Kier alpha value is -2.14. The molecular formula is C15H19N5. The summed E-state index contributed by atoms with van der Waals surface area (Å²) in [5, 5.41) is 12.9. The quantitative estimate of drug-likeness (QED) is 0.770. The highest BCUT2D eigenvalue weighted by Crippen LogP contribution is 2.20. The number of aromatic nitrogens is 4. The molecule has 0 aliphatic heterocycles. The predicted molar refractivity (Wildman–Crippen MR) is 79.4 cm³/mol. The highest BCUT2D eigenvalue weighted by Gasteiger charge is 2.10. The van der Waals surface area contributed by atoms with Crippen molar-refractivity contribution in [1.82, 2.24) is 24.9 Å². The topological polar surface area (TPSA) is 47.7 Å². The maximum atomic E-state index is 4.19. The molecule has 0 radical (unpaired) electrons. The smallest absolute Gasteiger partial charge is 0.102 e. The molecule has 104 valence electrons. The molecule has 1 N–H and O–H groups in total. The molecule has 0 spiro atoms. The Balaban J connectivity index is 2.01. The number of hydrogen-bond donors (Lipinski definition) is 1. The minimum absolute atomic E-state index is 0.752. The second-order valence-corrected chi connectivity index (χ2v) is 4.94. The van der Waals surface area contributed by atoms with Crippen LogP contribution in [0.15, 0.2) is 36.5 Å². The third-order valence-corrected chi connectivity index (χ3v) is 3.42. The molecule has 0 amide bonds. The Morgan fingerprint density at radius 1 is 1.25 bits per heavy atom. The van der Waals surface area contributed by atoms with E-state index in [2.05, 4.69) is 57.5 Å². The fraction of sp³-hybridized carbons (Fsp3) is 0.333. The summed E-state index contributed by atoms with van der Waals surface area (Å²) in [6.07, 6.45) is 1.96. The predicted octanol–water partition coefficient (Wildman–Crippen LogP) is 1.93. The fourth-order valence-corrected chi connectivity index (χ4v) is 2.48. The summed E-state index contributed by atoms with van der Waals surface area (Å²) in [6.45, 7) is 4.70. The van der Waals surface area contributed by atoms with Gasteiger partial charge >= 0.3 is 0 Å². The maximum absolute atomic E-state index is 4.19. The molecule has 0 saturated heterocycles. The molecule has 1 aromatic carbocycles. The van der Waals surface area contributed by atoms with Crippen LogP contribution >= 0.6 is 0 Å². The summed E-state index contributed by atoms with van der Waals surface area (Å²) >= 11 is 0. The van der Waals surface area contributed by atoms with E-state index in [0.717, 1.165) is 25.3 Å². The van der Waals surface area contributed by atoms with Crippen molar-refractivity contribution in [3.8, 4) is 0 Å². The van der Waals surface area contributed by atoms with E-state index in [1.54, 1.807) is 4.68 Å². The van der Waals surface area contributed by atoms with Crippen LogP contribution in [0, 0.1) is 0 Å². The van der Waals surface area contributed by atoms with Gasteiger partial charge in [0.05, 0.1) is 6.54 Å². The molecule has 0 fully saturated rings. The minimum Gasteiger partial charge on any atom is -0.337 e. The van der Waals surface area contributed by atoms with Crippen molar-refractivity contribution >= 4 is 10.9 Å². The van der Waals surface area contributed by atoms with Gasteiger partial charge in [-0.1, -0.05) is 30.3 Å². The lowest BCUT2D eigenvalue weighted by Gasteiger charge is -2.09. The number of aryl methyl sites for hydroxylation is 1. The molecule has 5 heteroatoms. The van der Waals surface area contributed by atoms with Crippen molar-refractivity contribution in [2.45, 2.75) is 20.0 Å². The van der Waals surface area contributed by atoms with Gasteiger partial charge in [-0.3, -0.25) is 4.68 Å². The van der Waals surface area contributed by atoms with Crippen LogP contribution < -0.4 is 5.32 Å². The van der Waals surface area contributed by atoms with Crippen LogP contribution in [0.5, 0.6) is 0 Å². The Bertz CT molecular complexity index is 710. The number of para-hydroxylation sites is 1. The van der Waals surface area contributed by atoms with Gasteiger partial charge < -0.3 is 9.88 Å². The van der Waals surface area contributed by atoms with Gasteiger partial charge in [0.15, 0.2) is 0 Å². The number of hydrogen-bond acceptors (Lipinski definition) is 3. The Kier molecular flexibility index (Phi) is 3.52. The summed E-state index contributed by atoms with van der Waals surface area (Å²) in [5.41, 5.74) is 3.50. The fourth-order valence-electron chi connectivity index (χ4n) is 2.48. The lowest BCUT2D eigenvalue weighted by atomic mass is 10.2. The van der Waals surface area contributed by atoms with Crippen LogP contribution in [0.4, 0.5) is 0 Å². The molecule has 2 aromatic heterocycles. The molecule has 3 aromatic rings. The Labute approximate surface area is 118 Å². The van der Waals surface area contributed by atoms with Gasteiger partial charge in [0.25, 0.3) is 0 Å². The number of nitrogens with one attached hydrogen (secondary N) is 1. The largest absolute Gasteiger partial charge is 0.337 e. The summed E-state index contributed by atoms with van der Waals surface area (Å²) in [5.74, 6) is 0. The maximum Gasteiger partial charge on any atom is 0.102 e. The minimum atomic E-state index is 0.752. The molecular weight excluding hydrogens is 250 g/mol. The molecule has 0 bridgehead atoms. The first-order chi connectivity index (χ1) is 9.78. The zero-order valence-corrected chi connectivity index (χ0v) is 11.9. The van der Waals surface area contributed by atoms with Gasteiger partial charge in [0, 0.05) is 31.0 Å². The molecule has 2 heterocycles. The monoisotopic (exact) mass is 269 g/mol. The van der Waals surface area contributed by atoms with E-state index in [0.29, 0.717) is 0 Å².